The van der Waals surface area contributed by atoms with Crippen LogP contribution in [-0.2, 0) is 17.6 Å². The zero-order valence-electron chi connectivity index (χ0n) is 10.4. The number of carbonyl (C=O) groups is 1. The molecule has 2 heteroatoms. The fourth-order valence-corrected chi connectivity index (χ4v) is 2.82. The molecule has 1 aromatic rings. The van der Waals surface area contributed by atoms with Crippen molar-refractivity contribution in [1.82, 2.24) is 0 Å². The number of hydrogen-bond donors (Lipinski definition) is 1. The van der Waals surface area contributed by atoms with Crippen LogP contribution in [0.3, 0.4) is 0 Å². The quantitative estimate of drug-likeness (QED) is 0.863. The summed E-state index contributed by atoms with van der Waals surface area (Å²) in [5.74, 6) is -0.611. The van der Waals surface area contributed by atoms with Crippen LogP contribution in [0, 0.1) is 5.41 Å². The molecule has 2 nitrogen and oxygen atoms in total. The van der Waals surface area contributed by atoms with Crippen LogP contribution in [0.25, 0.3) is 0 Å². The summed E-state index contributed by atoms with van der Waals surface area (Å²) >= 11 is 0. The van der Waals surface area contributed by atoms with Crippen LogP contribution < -0.4 is 0 Å². The molecule has 0 aromatic heterocycles. The minimum absolute atomic E-state index is 0.510. The molecular formula is C15H20O2. The lowest BCUT2D eigenvalue weighted by molar-refractivity contribution is -0.150. The number of hydrogen-bond acceptors (Lipinski definition) is 1. The predicted octanol–water partition coefficient (Wildman–Crippen LogP) is 3.44. The average Bonchev–Trinajstić information content (AvgIpc) is 2.36. The van der Waals surface area contributed by atoms with Crippen molar-refractivity contribution in [2.24, 2.45) is 5.41 Å². The molecule has 0 aliphatic heterocycles. The molecule has 1 aliphatic rings. The van der Waals surface area contributed by atoms with Gasteiger partial charge in [-0.05, 0) is 36.8 Å². The van der Waals surface area contributed by atoms with Crippen molar-refractivity contribution in [1.29, 1.82) is 0 Å². The van der Waals surface area contributed by atoms with E-state index in [1.165, 1.54) is 11.1 Å². The van der Waals surface area contributed by atoms with Gasteiger partial charge in [0.05, 0.1) is 5.41 Å². The highest BCUT2D eigenvalue weighted by Crippen LogP contribution is 2.39. The minimum Gasteiger partial charge on any atom is -0.481 e. The third-order valence-corrected chi connectivity index (χ3v) is 3.98. The number of aliphatic carboxylic acids is 1. The first-order chi connectivity index (χ1) is 8.18. The molecule has 0 radical (unpaired) electrons. The van der Waals surface area contributed by atoms with E-state index in [1.54, 1.807) is 0 Å². The van der Waals surface area contributed by atoms with Crippen molar-refractivity contribution >= 4 is 5.97 Å². The molecule has 0 fully saturated rings. The summed E-state index contributed by atoms with van der Waals surface area (Å²) in [6.07, 6.45) is 5.29. The molecule has 0 heterocycles. The van der Waals surface area contributed by atoms with Crippen molar-refractivity contribution in [3.8, 4) is 0 Å². The lowest BCUT2D eigenvalue weighted by atomic mass is 9.69. The number of unbranched alkanes of at least 4 members (excludes halogenated alkanes) is 1. The predicted molar refractivity (Wildman–Crippen MR) is 68.1 cm³/mol. The van der Waals surface area contributed by atoms with Crippen LogP contribution in [0.1, 0.15) is 43.7 Å². The van der Waals surface area contributed by atoms with Gasteiger partial charge in [-0.25, -0.2) is 0 Å². The molecule has 0 saturated heterocycles. The van der Waals surface area contributed by atoms with Crippen LogP contribution in [0.4, 0.5) is 0 Å². The summed E-state index contributed by atoms with van der Waals surface area (Å²) in [5, 5.41) is 9.54. The summed E-state index contributed by atoms with van der Waals surface area (Å²) in [4.78, 5) is 11.6. The highest BCUT2D eigenvalue weighted by Gasteiger charge is 2.40. The Morgan fingerprint density at radius 1 is 1.35 bits per heavy atom. The van der Waals surface area contributed by atoms with E-state index >= 15 is 0 Å². The second-order valence-electron chi connectivity index (χ2n) is 5.13. The molecule has 1 aliphatic carbocycles. The van der Waals surface area contributed by atoms with E-state index in [1.807, 2.05) is 12.1 Å². The fraction of sp³-hybridized carbons (Fsp3) is 0.533. The van der Waals surface area contributed by atoms with E-state index in [-0.39, 0.29) is 0 Å². The third-order valence-electron chi connectivity index (χ3n) is 3.98. The van der Waals surface area contributed by atoms with Crippen LogP contribution in [0.15, 0.2) is 24.3 Å². The summed E-state index contributed by atoms with van der Waals surface area (Å²) in [5.41, 5.74) is 2.06. The van der Waals surface area contributed by atoms with Crippen molar-refractivity contribution in [2.45, 2.75) is 45.4 Å². The first-order valence-corrected chi connectivity index (χ1v) is 6.48. The number of fused-ring (bicyclic) bond motifs is 1. The summed E-state index contributed by atoms with van der Waals surface area (Å²) in [6, 6.07) is 8.26. The molecule has 0 amide bonds. The average molecular weight is 232 g/mol. The second-order valence-corrected chi connectivity index (χ2v) is 5.13. The maximum Gasteiger partial charge on any atom is 0.309 e. The van der Waals surface area contributed by atoms with E-state index in [2.05, 4.69) is 19.1 Å². The molecule has 1 atom stereocenters. The van der Waals surface area contributed by atoms with Crippen molar-refractivity contribution in [3.63, 3.8) is 0 Å². The van der Waals surface area contributed by atoms with Crippen LogP contribution in [0.5, 0.6) is 0 Å². The van der Waals surface area contributed by atoms with Gasteiger partial charge in [0.25, 0.3) is 0 Å². The molecule has 92 valence electrons. The van der Waals surface area contributed by atoms with Crippen molar-refractivity contribution < 1.29 is 9.90 Å². The van der Waals surface area contributed by atoms with Gasteiger partial charge in [-0.1, -0.05) is 44.0 Å². The van der Waals surface area contributed by atoms with E-state index in [9.17, 15) is 9.90 Å². The van der Waals surface area contributed by atoms with Crippen LogP contribution in [-0.4, -0.2) is 11.1 Å². The van der Waals surface area contributed by atoms with Gasteiger partial charge < -0.3 is 5.11 Å². The second kappa shape index (κ2) is 4.91. The maximum atomic E-state index is 11.6. The summed E-state index contributed by atoms with van der Waals surface area (Å²) < 4.78 is 0. The first kappa shape index (κ1) is 12.2. The van der Waals surface area contributed by atoms with Crippen LogP contribution >= 0.6 is 0 Å². The van der Waals surface area contributed by atoms with Gasteiger partial charge in [-0.3, -0.25) is 4.79 Å². The number of carboxylic acid groups (broad SMARTS) is 1. The molecule has 0 saturated carbocycles. The molecular weight excluding hydrogens is 212 g/mol. The molecule has 1 unspecified atom stereocenters. The summed E-state index contributed by atoms with van der Waals surface area (Å²) in [6.45, 7) is 2.12. The Morgan fingerprint density at radius 2 is 2.06 bits per heavy atom. The SMILES string of the molecule is CCCCC1(C(=O)O)CCc2ccccc2C1. The molecule has 2 rings (SSSR count). The molecule has 17 heavy (non-hydrogen) atoms. The Bertz CT molecular complexity index is 411. The fourth-order valence-electron chi connectivity index (χ4n) is 2.82. The molecule has 0 bridgehead atoms. The highest BCUT2D eigenvalue weighted by molar-refractivity contribution is 5.75. The van der Waals surface area contributed by atoms with E-state index in [0.29, 0.717) is 6.42 Å². The highest BCUT2D eigenvalue weighted by atomic mass is 16.4. The molecule has 0 spiro atoms. The molecule has 1 aromatic carbocycles. The normalized spacial score (nSPS) is 23.1. The number of aryl methyl sites for hydroxylation is 1. The lowest BCUT2D eigenvalue weighted by Crippen LogP contribution is -2.37. The van der Waals surface area contributed by atoms with E-state index in [4.69, 9.17) is 0 Å². The van der Waals surface area contributed by atoms with Gasteiger partial charge in [0.15, 0.2) is 0 Å². The Kier molecular flexibility index (Phi) is 3.51. The summed E-state index contributed by atoms with van der Waals surface area (Å²) in [7, 11) is 0. The van der Waals surface area contributed by atoms with Crippen molar-refractivity contribution in [2.75, 3.05) is 0 Å². The first-order valence-electron chi connectivity index (χ1n) is 6.48. The standard InChI is InChI=1S/C15H20O2/c1-2-3-9-15(14(16)17)10-8-12-6-4-5-7-13(12)11-15/h4-7H,2-3,8-11H2,1H3,(H,16,17). The Hall–Kier alpha value is -1.31. The van der Waals surface area contributed by atoms with Crippen molar-refractivity contribution in [3.05, 3.63) is 35.4 Å². The number of benzene rings is 1. The van der Waals surface area contributed by atoms with Gasteiger partial charge in [-0.15, -0.1) is 0 Å². The lowest BCUT2D eigenvalue weighted by Gasteiger charge is -2.34. The minimum atomic E-state index is -0.611. The van der Waals surface area contributed by atoms with Gasteiger partial charge in [0.2, 0.25) is 0 Å². The smallest absolute Gasteiger partial charge is 0.309 e. The largest absolute Gasteiger partial charge is 0.481 e. The van der Waals surface area contributed by atoms with E-state index < -0.39 is 11.4 Å². The zero-order valence-corrected chi connectivity index (χ0v) is 10.4. The van der Waals surface area contributed by atoms with E-state index in [0.717, 1.165) is 32.1 Å². The number of carboxylic acids is 1. The Labute approximate surface area is 103 Å². The molecule has 1 N–H and O–H groups in total. The van der Waals surface area contributed by atoms with Gasteiger partial charge >= 0.3 is 5.97 Å². The van der Waals surface area contributed by atoms with Gasteiger partial charge in [-0.2, -0.15) is 0 Å². The zero-order chi connectivity index (χ0) is 12.3. The topological polar surface area (TPSA) is 37.3 Å². The monoisotopic (exact) mass is 232 g/mol. The Morgan fingerprint density at radius 3 is 2.71 bits per heavy atom. The van der Waals surface area contributed by atoms with Crippen LogP contribution in [0.2, 0.25) is 0 Å². The number of rotatable bonds is 4. The Balaban J connectivity index is 2.24. The van der Waals surface area contributed by atoms with Gasteiger partial charge in [0.1, 0.15) is 0 Å². The third kappa shape index (κ3) is 2.36. The van der Waals surface area contributed by atoms with Gasteiger partial charge in [0, 0.05) is 0 Å². The maximum absolute atomic E-state index is 11.6.